The summed E-state index contributed by atoms with van der Waals surface area (Å²) < 4.78 is 25.3. The third kappa shape index (κ3) is 2.51. The molecule has 7 heteroatoms. The van der Waals surface area contributed by atoms with Crippen molar-refractivity contribution in [2.24, 2.45) is 22.7 Å². The van der Waals surface area contributed by atoms with Crippen molar-refractivity contribution < 1.29 is 28.5 Å². The summed E-state index contributed by atoms with van der Waals surface area (Å²) >= 11 is 3.64. The summed E-state index contributed by atoms with van der Waals surface area (Å²) in [7, 11) is 0. The Morgan fingerprint density at radius 2 is 1.97 bits per heavy atom. The minimum Gasteiger partial charge on any atom is -0.465 e. The van der Waals surface area contributed by atoms with Crippen molar-refractivity contribution in [1.82, 2.24) is 0 Å². The predicted molar refractivity (Wildman–Crippen MR) is 120 cm³/mol. The predicted octanol–water partition coefficient (Wildman–Crippen LogP) is 4.08. The first-order valence-electron chi connectivity index (χ1n) is 11.6. The molecule has 5 aliphatic rings. The number of fused-ring (bicyclic) bond motifs is 1. The van der Waals surface area contributed by atoms with Crippen LogP contribution < -0.4 is 0 Å². The SMILES string of the molecule is CCOC(=O)[C@@]12[C@H]([C@H]3COC(C)(C)O3)[C@@H]3CC[C@@]1(OCC)[C@]2(Cc1ccccc1Br)C3=O. The first kappa shape index (κ1) is 22.5. The lowest BCUT2D eigenvalue weighted by Gasteiger charge is -2.42. The van der Waals surface area contributed by atoms with Crippen molar-refractivity contribution in [1.29, 1.82) is 0 Å². The van der Waals surface area contributed by atoms with Crippen LogP contribution in [0.1, 0.15) is 46.1 Å². The summed E-state index contributed by atoms with van der Waals surface area (Å²) in [5.74, 6) is -1.52. The van der Waals surface area contributed by atoms with E-state index in [-0.39, 0.29) is 36.3 Å². The maximum atomic E-state index is 14.2. The summed E-state index contributed by atoms with van der Waals surface area (Å²) in [5.41, 5.74) is -1.88. The zero-order valence-electron chi connectivity index (χ0n) is 19.1. The zero-order valence-corrected chi connectivity index (χ0v) is 20.7. The molecule has 5 fully saturated rings. The van der Waals surface area contributed by atoms with Crippen molar-refractivity contribution in [3.8, 4) is 0 Å². The van der Waals surface area contributed by atoms with Crippen LogP contribution in [0.15, 0.2) is 28.7 Å². The molecule has 6 rings (SSSR count). The first-order valence-corrected chi connectivity index (χ1v) is 12.4. The fraction of sp³-hybridized carbons (Fsp3) is 0.680. The second-order valence-electron chi connectivity index (χ2n) is 9.86. The molecule has 0 aromatic heterocycles. The smallest absolute Gasteiger partial charge is 0.316 e. The van der Waals surface area contributed by atoms with Gasteiger partial charge in [0.1, 0.15) is 11.2 Å². The average Bonchev–Trinajstić information content (AvgIpc) is 2.95. The van der Waals surface area contributed by atoms with Crippen LogP contribution in [-0.2, 0) is 35.0 Å². The van der Waals surface area contributed by atoms with Crippen molar-refractivity contribution in [2.45, 2.75) is 64.4 Å². The maximum absolute atomic E-state index is 14.2. The molecular weight excluding hydrogens is 476 g/mol. The van der Waals surface area contributed by atoms with Crippen LogP contribution in [0.3, 0.4) is 0 Å². The topological polar surface area (TPSA) is 71.1 Å². The van der Waals surface area contributed by atoms with Crippen LogP contribution in [-0.4, -0.2) is 49.1 Å². The van der Waals surface area contributed by atoms with E-state index >= 15 is 0 Å². The molecule has 1 aromatic carbocycles. The molecule has 0 spiro atoms. The van der Waals surface area contributed by atoms with E-state index < -0.39 is 22.2 Å². The molecule has 1 aromatic rings. The van der Waals surface area contributed by atoms with E-state index in [0.29, 0.717) is 32.5 Å². The summed E-state index contributed by atoms with van der Waals surface area (Å²) in [5, 5.41) is 0. The number of rotatable bonds is 7. The second kappa shape index (κ2) is 7.36. The van der Waals surface area contributed by atoms with Gasteiger partial charge in [-0.1, -0.05) is 34.1 Å². The number of hydrogen-bond donors (Lipinski definition) is 0. The van der Waals surface area contributed by atoms with Crippen molar-refractivity contribution in [2.75, 3.05) is 19.8 Å². The van der Waals surface area contributed by atoms with Crippen LogP contribution in [0.4, 0.5) is 0 Å². The second-order valence-corrected chi connectivity index (χ2v) is 10.7. The van der Waals surface area contributed by atoms with E-state index in [1.807, 2.05) is 52.0 Å². The van der Waals surface area contributed by atoms with Crippen LogP contribution in [0, 0.1) is 22.7 Å². The van der Waals surface area contributed by atoms with Crippen LogP contribution in [0.25, 0.3) is 0 Å². The quantitative estimate of drug-likeness (QED) is 0.519. The van der Waals surface area contributed by atoms with E-state index in [1.165, 1.54) is 0 Å². The molecule has 4 aliphatic carbocycles. The highest BCUT2D eigenvalue weighted by Gasteiger charge is 3.02. The Bertz CT molecular complexity index is 958. The van der Waals surface area contributed by atoms with Gasteiger partial charge < -0.3 is 18.9 Å². The number of carbonyl (C=O) groups is 2. The third-order valence-corrected chi connectivity index (χ3v) is 9.04. The number of carbonyl (C=O) groups excluding carboxylic acids is 2. The third-order valence-electron chi connectivity index (χ3n) is 8.27. The van der Waals surface area contributed by atoms with Crippen molar-refractivity contribution in [3.05, 3.63) is 34.3 Å². The summed E-state index contributed by atoms with van der Waals surface area (Å²) in [4.78, 5) is 28.0. The van der Waals surface area contributed by atoms with Gasteiger partial charge in [-0.15, -0.1) is 0 Å². The molecule has 4 bridgehead atoms. The highest BCUT2D eigenvalue weighted by Crippen LogP contribution is 2.89. The molecular formula is C25H31BrO6. The molecule has 1 aliphatic heterocycles. The number of ether oxygens (including phenoxy) is 4. The first-order chi connectivity index (χ1) is 15.2. The average molecular weight is 507 g/mol. The monoisotopic (exact) mass is 506 g/mol. The van der Waals surface area contributed by atoms with Crippen LogP contribution in [0.2, 0.25) is 0 Å². The van der Waals surface area contributed by atoms with Gasteiger partial charge >= 0.3 is 5.97 Å². The van der Waals surface area contributed by atoms with Gasteiger partial charge in [0.25, 0.3) is 0 Å². The lowest BCUT2D eigenvalue weighted by atomic mass is 9.67. The summed E-state index contributed by atoms with van der Waals surface area (Å²) in [6.07, 6.45) is 1.46. The Labute approximate surface area is 197 Å². The molecule has 6 nitrogen and oxygen atoms in total. The van der Waals surface area contributed by atoms with E-state index in [9.17, 15) is 9.59 Å². The molecule has 174 valence electrons. The fourth-order valence-electron chi connectivity index (χ4n) is 7.50. The van der Waals surface area contributed by atoms with Gasteiger partial charge in [-0.25, -0.2) is 0 Å². The minimum absolute atomic E-state index is 0.124. The van der Waals surface area contributed by atoms with Crippen LogP contribution >= 0.6 is 15.9 Å². The number of halogens is 1. The molecule has 0 radical (unpaired) electrons. The fourth-order valence-corrected chi connectivity index (χ4v) is 7.93. The van der Waals surface area contributed by atoms with Gasteiger partial charge in [0.2, 0.25) is 0 Å². The van der Waals surface area contributed by atoms with E-state index in [4.69, 9.17) is 18.9 Å². The number of benzene rings is 1. The summed E-state index contributed by atoms with van der Waals surface area (Å²) in [6, 6.07) is 7.90. The van der Waals surface area contributed by atoms with Gasteiger partial charge in [-0.3, -0.25) is 9.59 Å². The Morgan fingerprint density at radius 3 is 2.59 bits per heavy atom. The Kier molecular flexibility index (Phi) is 5.18. The highest BCUT2D eigenvalue weighted by atomic mass is 79.9. The molecule has 1 heterocycles. The minimum atomic E-state index is -1.06. The Balaban J connectivity index is 1.68. The highest BCUT2D eigenvalue weighted by molar-refractivity contribution is 9.10. The van der Waals surface area contributed by atoms with Gasteiger partial charge in [0, 0.05) is 22.9 Å². The van der Waals surface area contributed by atoms with Gasteiger partial charge in [0.15, 0.2) is 5.79 Å². The van der Waals surface area contributed by atoms with E-state index in [0.717, 1.165) is 10.0 Å². The van der Waals surface area contributed by atoms with Gasteiger partial charge in [-0.05, 0) is 58.6 Å². The Morgan fingerprint density at radius 1 is 1.22 bits per heavy atom. The van der Waals surface area contributed by atoms with Crippen molar-refractivity contribution >= 4 is 27.7 Å². The summed E-state index contributed by atoms with van der Waals surface area (Å²) in [6.45, 7) is 8.52. The molecule has 32 heavy (non-hydrogen) atoms. The molecule has 0 unspecified atom stereocenters. The normalized spacial score (nSPS) is 41.0. The van der Waals surface area contributed by atoms with Crippen molar-refractivity contribution in [3.63, 3.8) is 0 Å². The zero-order chi connectivity index (χ0) is 22.9. The number of esters is 1. The number of hydrogen-bond acceptors (Lipinski definition) is 6. The van der Waals surface area contributed by atoms with E-state index in [1.54, 1.807) is 0 Å². The Hall–Kier alpha value is -1.28. The van der Waals surface area contributed by atoms with Gasteiger partial charge in [-0.2, -0.15) is 0 Å². The standard InChI is InChI=1S/C25H31BrO6/c1-5-29-21(28)25-19(18-14-31-22(3,4)32-18)16-11-12-24(25,30-6-2)23(25,20(16)27)13-15-9-7-8-10-17(15)26/h7-10,16,18-19H,5-6,11-14H2,1-4H3/t16-,18+,19-,23-,24+,25+/m0/s1. The molecule has 6 atom stereocenters. The lowest BCUT2D eigenvalue weighted by Crippen LogP contribution is -2.51. The van der Waals surface area contributed by atoms with Crippen LogP contribution in [0.5, 0.6) is 0 Å². The number of Topliss-reactive ketones (excluding diaryl/α,β-unsaturated/α-hetero) is 1. The number of ketones is 1. The molecule has 4 saturated carbocycles. The van der Waals surface area contributed by atoms with E-state index in [2.05, 4.69) is 15.9 Å². The van der Waals surface area contributed by atoms with Gasteiger partial charge in [0.05, 0.1) is 30.3 Å². The lowest BCUT2D eigenvalue weighted by molar-refractivity contribution is -0.179. The largest absolute Gasteiger partial charge is 0.465 e. The molecule has 1 saturated heterocycles. The molecule has 0 amide bonds. The maximum Gasteiger partial charge on any atom is 0.316 e. The molecule has 0 N–H and O–H groups in total.